The average molecular weight is 395 g/mol. The van der Waals surface area contributed by atoms with Crippen molar-refractivity contribution >= 4 is 33.4 Å². The molecular weight excluding hydrogens is 379 g/mol. The van der Waals surface area contributed by atoms with E-state index in [4.69, 9.17) is 4.74 Å². The first kappa shape index (κ1) is 17.9. The van der Waals surface area contributed by atoms with E-state index in [1.54, 1.807) is 12.1 Å². The summed E-state index contributed by atoms with van der Waals surface area (Å²) in [5.74, 6) is -0.803. The number of carbonyl (C=O) groups is 2. The molecule has 0 radical (unpaired) electrons. The second-order valence-electron chi connectivity index (χ2n) is 5.06. The molecule has 2 rings (SSSR count). The Morgan fingerprint density at radius 3 is 2.62 bits per heavy atom. The van der Waals surface area contributed by atoms with Crippen LogP contribution in [0, 0.1) is 12.7 Å². The Labute approximate surface area is 147 Å². The van der Waals surface area contributed by atoms with Gasteiger partial charge in [0.05, 0.1) is 24.9 Å². The molecule has 7 heteroatoms. The second-order valence-corrected chi connectivity index (χ2v) is 5.91. The van der Waals surface area contributed by atoms with Gasteiger partial charge in [0, 0.05) is 4.47 Å². The first-order valence-electron chi connectivity index (χ1n) is 7.08. The van der Waals surface area contributed by atoms with Gasteiger partial charge in [-0.05, 0) is 58.7 Å². The van der Waals surface area contributed by atoms with Crippen LogP contribution in [0.3, 0.4) is 0 Å². The number of hydrogen-bond donors (Lipinski definition) is 2. The van der Waals surface area contributed by atoms with E-state index in [1.165, 1.54) is 25.3 Å². The van der Waals surface area contributed by atoms with Crippen molar-refractivity contribution < 1.29 is 18.7 Å². The molecule has 5 nitrogen and oxygen atoms in total. The maximum atomic E-state index is 13.0. The number of hydrogen-bond acceptors (Lipinski definition) is 3. The number of benzene rings is 2. The average Bonchev–Trinajstić information content (AvgIpc) is 2.53. The topological polar surface area (TPSA) is 67.4 Å². The van der Waals surface area contributed by atoms with Crippen LogP contribution in [0.1, 0.15) is 15.9 Å². The molecule has 0 aliphatic heterocycles. The van der Waals surface area contributed by atoms with Gasteiger partial charge in [0.15, 0.2) is 0 Å². The molecule has 126 valence electrons. The summed E-state index contributed by atoms with van der Waals surface area (Å²) >= 11 is 3.12. The summed E-state index contributed by atoms with van der Waals surface area (Å²) in [5, 5.41) is 5.17. The highest BCUT2D eigenvalue weighted by molar-refractivity contribution is 9.10. The molecule has 0 fully saturated rings. The quantitative estimate of drug-likeness (QED) is 0.817. The smallest absolute Gasteiger partial charge is 0.252 e. The number of methoxy groups -OCH3 is 1. The van der Waals surface area contributed by atoms with E-state index in [1.807, 2.05) is 13.0 Å². The van der Waals surface area contributed by atoms with Gasteiger partial charge in [-0.2, -0.15) is 0 Å². The normalized spacial score (nSPS) is 10.2. The molecule has 24 heavy (non-hydrogen) atoms. The molecule has 0 aromatic heterocycles. The van der Waals surface area contributed by atoms with Crippen LogP contribution < -0.4 is 15.4 Å². The van der Waals surface area contributed by atoms with Crippen LogP contribution in [0.4, 0.5) is 10.1 Å². The van der Waals surface area contributed by atoms with Gasteiger partial charge in [0.25, 0.3) is 5.91 Å². The fourth-order valence-corrected chi connectivity index (χ4v) is 2.57. The summed E-state index contributed by atoms with van der Waals surface area (Å²) in [6.07, 6.45) is 0. The number of anilines is 1. The lowest BCUT2D eigenvalue weighted by Gasteiger charge is -2.12. The Balaban J connectivity index is 1.98. The summed E-state index contributed by atoms with van der Waals surface area (Å²) in [6.45, 7) is 1.67. The molecule has 0 atom stereocenters. The van der Waals surface area contributed by atoms with E-state index in [0.717, 1.165) is 5.56 Å². The molecule has 0 spiro atoms. The molecule has 2 N–H and O–H groups in total. The van der Waals surface area contributed by atoms with Crippen LogP contribution in [0.25, 0.3) is 0 Å². The van der Waals surface area contributed by atoms with Gasteiger partial charge in [0.2, 0.25) is 5.91 Å². The number of carbonyl (C=O) groups excluding carboxylic acids is 2. The van der Waals surface area contributed by atoms with Crippen molar-refractivity contribution in [2.24, 2.45) is 0 Å². The molecule has 0 heterocycles. The predicted octanol–water partition coefficient (Wildman–Crippen LogP) is 3.27. The summed E-state index contributed by atoms with van der Waals surface area (Å²) in [5.41, 5.74) is 1.74. The fraction of sp³-hybridized carbons (Fsp3) is 0.176. The van der Waals surface area contributed by atoms with Crippen LogP contribution in [0.15, 0.2) is 40.9 Å². The Bertz CT molecular complexity index is 780. The number of amides is 2. The third-order valence-corrected chi connectivity index (χ3v) is 3.87. The number of aryl methyl sites for hydroxylation is 1. The Morgan fingerprint density at radius 2 is 1.96 bits per heavy atom. The summed E-state index contributed by atoms with van der Waals surface area (Å²) in [6, 6.07) is 9.09. The third-order valence-electron chi connectivity index (χ3n) is 3.21. The van der Waals surface area contributed by atoms with Crippen molar-refractivity contribution in [3.05, 3.63) is 57.8 Å². The maximum Gasteiger partial charge on any atom is 0.252 e. The van der Waals surface area contributed by atoms with Crippen molar-refractivity contribution in [3.8, 4) is 5.75 Å². The highest BCUT2D eigenvalue weighted by Crippen LogP contribution is 2.25. The lowest BCUT2D eigenvalue weighted by molar-refractivity contribution is -0.115. The summed E-state index contributed by atoms with van der Waals surface area (Å²) in [4.78, 5) is 24.1. The zero-order chi connectivity index (χ0) is 17.7. The molecular formula is C17H16BrFN2O3. The van der Waals surface area contributed by atoms with Gasteiger partial charge >= 0.3 is 0 Å². The van der Waals surface area contributed by atoms with Gasteiger partial charge in [-0.25, -0.2) is 4.39 Å². The Morgan fingerprint density at radius 1 is 1.21 bits per heavy atom. The second kappa shape index (κ2) is 7.92. The van der Waals surface area contributed by atoms with Crippen molar-refractivity contribution in [2.75, 3.05) is 19.0 Å². The van der Waals surface area contributed by atoms with Gasteiger partial charge in [-0.1, -0.05) is 6.07 Å². The van der Waals surface area contributed by atoms with Gasteiger partial charge in [-0.3, -0.25) is 9.59 Å². The molecule has 2 aromatic rings. The molecule has 0 saturated heterocycles. The van der Waals surface area contributed by atoms with Crippen LogP contribution in [0.5, 0.6) is 5.75 Å². The summed E-state index contributed by atoms with van der Waals surface area (Å²) < 4.78 is 18.5. The molecule has 2 amide bonds. The first-order chi connectivity index (χ1) is 11.4. The van der Waals surface area contributed by atoms with Gasteiger partial charge in [0.1, 0.15) is 11.6 Å². The monoisotopic (exact) mass is 394 g/mol. The highest BCUT2D eigenvalue weighted by atomic mass is 79.9. The SMILES string of the molecule is COc1ccc(C)cc1NC(=O)CNC(=O)c1ccc(F)cc1Br. The van der Waals surface area contributed by atoms with Crippen molar-refractivity contribution in [3.63, 3.8) is 0 Å². The third kappa shape index (κ3) is 4.55. The van der Waals surface area contributed by atoms with Crippen LogP contribution in [-0.4, -0.2) is 25.5 Å². The molecule has 0 aliphatic carbocycles. The van der Waals surface area contributed by atoms with Crippen molar-refractivity contribution in [1.82, 2.24) is 5.32 Å². The standard InChI is InChI=1S/C17H16BrFN2O3/c1-10-3-6-15(24-2)14(7-10)21-16(22)9-20-17(23)12-5-4-11(19)8-13(12)18/h3-8H,9H2,1-2H3,(H,20,23)(H,21,22). The zero-order valence-electron chi connectivity index (χ0n) is 13.2. The maximum absolute atomic E-state index is 13.0. The highest BCUT2D eigenvalue weighted by Gasteiger charge is 2.13. The van der Waals surface area contributed by atoms with Gasteiger partial charge < -0.3 is 15.4 Å². The van der Waals surface area contributed by atoms with E-state index >= 15 is 0 Å². The Kier molecular flexibility index (Phi) is 5.92. The predicted molar refractivity (Wildman–Crippen MR) is 92.8 cm³/mol. The number of nitrogens with one attached hydrogen (secondary N) is 2. The molecule has 0 saturated carbocycles. The van der Waals surface area contributed by atoms with E-state index in [2.05, 4.69) is 26.6 Å². The van der Waals surface area contributed by atoms with E-state index in [0.29, 0.717) is 15.9 Å². The van der Waals surface area contributed by atoms with E-state index in [9.17, 15) is 14.0 Å². The molecule has 2 aromatic carbocycles. The van der Waals surface area contributed by atoms with Crippen LogP contribution >= 0.6 is 15.9 Å². The minimum Gasteiger partial charge on any atom is -0.495 e. The molecule has 0 unspecified atom stereocenters. The lowest BCUT2D eigenvalue weighted by Crippen LogP contribution is -2.33. The first-order valence-corrected chi connectivity index (χ1v) is 7.87. The molecule has 0 bridgehead atoms. The largest absolute Gasteiger partial charge is 0.495 e. The zero-order valence-corrected chi connectivity index (χ0v) is 14.7. The number of ether oxygens (including phenoxy) is 1. The lowest BCUT2D eigenvalue weighted by atomic mass is 10.2. The summed E-state index contributed by atoms with van der Waals surface area (Å²) in [7, 11) is 1.51. The van der Waals surface area contributed by atoms with Crippen LogP contribution in [0.2, 0.25) is 0 Å². The van der Waals surface area contributed by atoms with E-state index in [-0.39, 0.29) is 12.1 Å². The molecule has 0 aliphatic rings. The Hall–Kier alpha value is -2.41. The fourth-order valence-electron chi connectivity index (χ4n) is 2.04. The van der Waals surface area contributed by atoms with Crippen molar-refractivity contribution in [1.29, 1.82) is 0 Å². The van der Waals surface area contributed by atoms with Gasteiger partial charge in [-0.15, -0.1) is 0 Å². The number of rotatable bonds is 5. The minimum absolute atomic E-state index is 0.222. The van der Waals surface area contributed by atoms with Crippen molar-refractivity contribution in [2.45, 2.75) is 6.92 Å². The minimum atomic E-state index is -0.478. The van der Waals surface area contributed by atoms with E-state index < -0.39 is 17.6 Å². The number of halogens is 2. The van der Waals surface area contributed by atoms with Crippen LogP contribution in [-0.2, 0) is 4.79 Å².